The molecule has 1 aliphatic heterocycles. The van der Waals surface area contributed by atoms with Crippen LogP contribution in [0.2, 0.25) is 0 Å². The Morgan fingerprint density at radius 3 is 2.20 bits per heavy atom. The van der Waals surface area contributed by atoms with Crippen LogP contribution in [-0.2, 0) is 9.59 Å². The van der Waals surface area contributed by atoms with E-state index in [2.05, 4.69) is 10.6 Å². The third-order valence-corrected chi connectivity index (χ3v) is 5.88. The van der Waals surface area contributed by atoms with E-state index in [1.54, 1.807) is 0 Å². The fourth-order valence-electron chi connectivity index (χ4n) is 4.00. The van der Waals surface area contributed by atoms with Crippen molar-refractivity contribution in [3.8, 4) is 0 Å². The van der Waals surface area contributed by atoms with Crippen molar-refractivity contribution < 1.29 is 9.59 Å². The molecule has 0 bridgehead atoms. The molecule has 5 nitrogen and oxygen atoms in total. The Bertz CT molecular complexity index is 428. The Kier molecular flexibility index (Phi) is 8.50. The highest BCUT2D eigenvalue weighted by molar-refractivity contribution is 5.85. The first-order valence-corrected chi connectivity index (χ1v) is 9.98. The first kappa shape index (κ1) is 20.5. The van der Waals surface area contributed by atoms with E-state index in [1.165, 1.54) is 44.9 Å². The van der Waals surface area contributed by atoms with Crippen LogP contribution in [0.25, 0.3) is 0 Å². The lowest BCUT2D eigenvalue weighted by atomic mass is 9.87. The first-order valence-electron chi connectivity index (χ1n) is 9.98. The minimum Gasteiger partial charge on any atom is -0.347 e. The van der Waals surface area contributed by atoms with Gasteiger partial charge in [-0.05, 0) is 56.9 Å². The van der Waals surface area contributed by atoms with Gasteiger partial charge in [0.1, 0.15) is 0 Å². The standard InChI is InChI=1S/C19H33N3O2.ClH/c23-18(12-15-4-2-1-3-5-15)21-14-19(24)22-10-8-17(9-11-22)20-13-16-6-7-16;/h15-17,20H,1-14H2,(H,21,23);1H. The number of piperidine rings is 1. The van der Waals surface area contributed by atoms with Crippen LogP contribution >= 0.6 is 12.4 Å². The van der Waals surface area contributed by atoms with Crippen LogP contribution < -0.4 is 10.6 Å². The van der Waals surface area contributed by atoms with E-state index in [4.69, 9.17) is 0 Å². The molecule has 144 valence electrons. The number of halogens is 1. The topological polar surface area (TPSA) is 61.4 Å². The fourth-order valence-corrected chi connectivity index (χ4v) is 4.00. The molecule has 0 aromatic carbocycles. The second kappa shape index (κ2) is 10.4. The molecule has 3 fully saturated rings. The van der Waals surface area contributed by atoms with E-state index >= 15 is 0 Å². The second-order valence-corrected chi connectivity index (χ2v) is 7.99. The van der Waals surface area contributed by atoms with Gasteiger partial charge in [0, 0.05) is 25.6 Å². The lowest BCUT2D eigenvalue weighted by Crippen LogP contribution is -2.48. The van der Waals surface area contributed by atoms with E-state index in [0.717, 1.165) is 38.4 Å². The first-order chi connectivity index (χ1) is 11.7. The molecule has 3 rings (SSSR count). The summed E-state index contributed by atoms with van der Waals surface area (Å²) in [6.07, 6.45) is 11.6. The van der Waals surface area contributed by atoms with Gasteiger partial charge in [0.05, 0.1) is 6.54 Å². The molecule has 0 radical (unpaired) electrons. The van der Waals surface area contributed by atoms with Crippen molar-refractivity contribution >= 4 is 24.2 Å². The second-order valence-electron chi connectivity index (χ2n) is 7.99. The van der Waals surface area contributed by atoms with Gasteiger partial charge in [-0.15, -0.1) is 12.4 Å². The molecule has 25 heavy (non-hydrogen) atoms. The maximum atomic E-state index is 12.3. The van der Waals surface area contributed by atoms with Crippen molar-refractivity contribution in [2.75, 3.05) is 26.2 Å². The summed E-state index contributed by atoms with van der Waals surface area (Å²) in [5.74, 6) is 1.56. The summed E-state index contributed by atoms with van der Waals surface area (Å²) in [6, 6.07) is 0.565. The molecule has 2 amide bonds. The van der Waals surface area contributed by atoms with Gasteiger partial charge in [-0.25, -0.2) is 0 Å². The number of amides is 2. The van der Waals surface area contributed by atoms with Crippen molar-refractivity contribution in [1.82, 2.24) is 15.5 Å². The number of nitrogens with zero attached hydrogens (tertiary/aromatic N) is 1. The van der Waals surface area contributed by atoms with Crippen molar-refractivity contribution in [1.29, 1.82) is 0 Å². The molecule has 1 heterocycles. The number of hydrogen-bond donors (Lipinski definition) is 2. The Morgan fingerprint density at radius 2 is 1.56 bits per heavy atom. The van der Waals surface area contributed by atoms with Crippen LogP contribution in [-0.4, -0.2) is 48.9 Å². The van der Waals surface area contributed by atoms with Crippen molar-refractivity contribution in [3.05, 3.63) is 0 Å². The number of carbonyl (C=O) groups excluding carboxylic acids is 2. The Balaban J connectivity index is 0.00000225. The molecular formula is C19H34ClN3O2. The molecule has 0 spiro atoms. The molecule has 0 aromatic heterocycles. The minimum atomic E-state index is 0. The molecule has 2 aliphatic carbocycles. The Morgan fingerprint density at radius 1 is 0.880 bits per heavy atom. The van der Waals surface area contributed by atoms with Crippen LogP contribution in [0.15, 0.2) is 0 Å². The van der Waals surface area contributed by atoms with Crippen molar-refractivity contribution in [3.63, 3.8) is 0 Å². The molecule has 2 saturated carbocycles. The molecule has 0 atom stereocenters. The normalized spacial score (nSPS) is 22.3. The SMILES string of the molecule is Cl.O=C(CC1CCCCC1)NCC(=O)N1CCC(NCC2CC2)CC1. The maximum Gasteiger partial charge on any atom is 0.241 e. The Labute approximate surface area is 158 Å². The summed E-state index contributed by atoms with van der Waals surface area (Å²) in [5.41, 5.74) is 0. The zero-order valence-corrected chi connectivity index (χ0v) is 16.1. The van der Waals surface area contributed by atoms with Crippen molar-refractivity contribution in [2.24, 2.45) is 11.8 Å². The summed E-state index contributed by atoms with van der Waals surface area (Å²) in [7, 11) is 0. The average molecular weight is 372 g/mol. The lowest BCUT2D eigenvalue weighted by molar-refractivity contribution is -0.134. The molecule has 6 heteroatoms. The summed E-state index contributed by atoms with van der Waals surface area (Å²) < 4.78 is 0. The van der Waals surface area contributed by atoms with Crippen molar-refractivity contribution in [2.45, 2.75) is 70.3 Å². The predicted octanol–water partition coefficient (Wildman–Crippen LogP) is 2.49. The number of carbonyl (C=O) groups is 2. The van der Waals surface area contributed by atoms with Gasteiger partial charge in [-0.2, -0.15) is 0 Å². The highest BCUT2D eigenvalue weighted by atomic mass is 35.5. The molecular weight excluding hydrogens is 338 g/mol. The van der Waals surface area contributed by atoms with Gasteiger partial charge in [-0.3, -0.25) is 9.59 Å². The maximum absolute atomic E-state index is 12.3. The van der Waals surface area contributed by atoms with E-state index in [9.17, 15) is 9.59 Å². The summed E-state index contributed by atoms with van der Waals surface area (Å²) in [5, 5.41) is 6.47. The van der Waals surface area contributed by atoms with E-state index in [1.807, 2.05) is 4.90 Å². The van der Waals surface area contributed by atoms with Gasteiger partial charge >= 0.3 is 0 Å². The van der Waals surface area contributed by atoms with E-state index in [0.29, 0.717) is 18.4 Å². The van der Waals surface area contributed by atoms with Crippen LogP contribution in [0.3, 0.4) is 0 Å². The smallest absolute Gasteiger partial charge is 0.241 e. The zero-order valence-electron chi connectivity index (χ0n) is 15.3. The third-order valence-electron chi connectivity index (χ3n) is 5.88. The van der Waals surface area contributed by atoms with Crippen LogP contribution in [0.5, 0.6) is 0 Å². The number of hydrogen-bond acceptors (Lipinski definition) is 3. The van der Waals surface area contributed by atoms with Gasteiger partial charge in [0.25, 0.3) is 0 Å². The van der Waals surface area contributed by atoms with Gasteiger partial charge in [0.2, 0.25) is 11.8 Å². The minimum absolute atomic E-state index is 0. The van der Waals surface area contributed by atoms with Gasteiger partial charge < -0.3 is 15.5 Å². The monoisotopic (exact) mass is 371 g/mol. The predicted molar refractivity (Wildman–Crippen MR) is 102 cm³/mol. The summed E-state index contributed by atoms with van der Waals surface area (Å²) >= 11 is 0. The summed E-state index contributed by atoms with van der Waals surface area (Å²) in [6.45, 7) is 2.96. The number of likely N-dealkylation sites (tertiary alicyclic amines) is 1. The zero-order chi connectivity index (χ0) is 16.8. The molecule has 3 aliphatic rings. The van der Waals surface area contributed by atoms with E-state index in [-0.39, 0.29) is 30.8 Å². The highest BCUT2D eigenvalue weighted by Crippen LogP contribution is 2.28. The fraction of sp³-hybridized carbons (Fsp3) is 0.895. The number of rotatable bonds is 7. The van der Waals surface area contributed by atoms with Gasteiger partial charge in [-0.1, -0.05) is 19.3 Å². The molecule has 0 unspecified atom stereocenters. The molecule has 2 N–H and O–H groups in total. The van der Waals surface area contributed by atoms with Crippen LogP contribution in [0.1, 0.15) is 64.2 Å². The highest BCUT2D eigenvalue weighted by Gasteiger charge is 2.26. The Hall–Kier alpha value is -0.810. The largest absolute Gasteiger partial charge is 0.347 e. The van der Waals surface area contributed by atoms with E-state index < -0.39 is 0 Å². The quantitative estimate of drug-likeness (QED) is 0.722. The molecule has 1 saturated heterocycles. The third kappa shape index (κ3) is 7.14. The van der Waals surface area contributed by atoms with Crippen LogP contribution in [0, 0.1) is 11.8 Å². The molecule has 0 aromatic rings. The summed E-state index contributed by atoms with van der Waals surface area (Å²) in [4.78, 5) is 26.2. The number of nitrogens with one attached hydrogen (secondary N) is 2. The van der Waals surface area contributed by atoms with Crippen LogP contribution in [0.4, 0.5) is 0 Å². The lowest BCUT2D eigenvalue weighted by Gasteiger charge is -2.32. The van der Waals surface area contributed by atoms with Gasteiger partial charge in [0.15, 0.2) is 0 Å². The average Bonchev–Trinajstić information content (AvgIpc) is 3.44.